The van der Waals surface area contributed by atoms with E-state index in [0.717, 1.165) is 25.7 Å². The minimum absolute atomic E-state index is 0.0247. The van der Waals surface area contributed by atoms with E-state index in [1.807, 2.05) is 0 Å². The number of carbonyl (C=O) groups is 1. The monoisotopic (exact) mass is 227 g/mol. The van der Waals surface area contributed by atoms with Crippen molar-refractivity contribution in [1.82, 2.24) is 0 Å². The smallest absolute Gasteiger partial charge is 0.307 e. The van der Waals surface area contributed by atoms with Crippen LogP contribution in [-0.4, -0.2) is 18.1 Å². The second-order valence-electron chi connectivity index (χ2n) is 4.86. The van der Waals surface area contributed by atoms with Gasteiger partial charge in [0, 0.05) is 6.04 Å². The molecule has 16 heavy (non-hydrogen) atoms. The van der Waals surface area contributed by atoms with E-state index in [2.05, 4.69) is 6.92 Å². The lowest BCUT2D eigenvalue weighted by Crippen LogP contribution is -2.27. The molecule has 2 N–H and O–H groups in total. The number of nitrogens with two attached hydrogens (primary N) is 1. The highest BCUT2D eigenvalue weighted by molar-refractivity contribution is 5.70. The van der Waals surface area contributed by atoms with E-state index in [9.17, 15) is 4.79 Å². The summed E-state index contributed by atoms with van der Waals surface area (Å²) < 4.78 is 5.47. The van der Waals surface area contributed by atoms with Gasteiger partial charge in [-0.25, -0.2) is 0 Å². The van der Waals surface area contributed by atoms with E-state index in [1.165, 1.54) is 25.7 Å². The van der Waals surface area contributed by atoms with Gasteiger partial charge < -0.3 is 10.5 Å². The van der Waals surface area contributed by atoms with Crippen LogP contribution in [0.3, 0.4) is 0 Å². The van der Waals surface area contributed by atoms with Crippen LogP contribution in [-0.2, 0) is 9.53 Å². The first-order chi connectivity index (χ1) is 7.72. The maximum atomic E-state index is 11.6. The topological polar surface area (TPSA) is 52.3 Å². The first-order valence-corrected chi connectivity index (χ1v) is 6.67. The summed E-state index contributed by atoms with van der Waals surface area (Å²) in [6.45, 7) is 2.08. The molecular formula is C13H25NO2. The molecule has 3 heteroatoms. The van der Waals surface area contributed by atoms with Crippen molar-refractivity contribution in [2.24, 2.45) is 5.73 Å². The van der Waals surface area contributed by atoms with Crippen molar-refractivity contribution in [2.45, 2.75) is 76.9 Å². The quantitative estimate of drug-likeness (QED) is 0.580. The minimum atomic E-state index is -0.104. The van der Waals surface area contributed by atoms with Gasteiger partial charge in [-0.15, -0.1) is 0 Å². The summed E-state index contributed by atoms with van der Waals surface area (Å²) in [6.07, 6.45) is 9.49. The van der Waals surface area contributed by atoms with Gasteiger partial charge in [-0.05, 0) is 32.1 Å². The van der Waals surface area contributed by atoms with Crippen LogP contribution >= 0.6 is 0 Å². The fourth-order valence-corrected chi connectivity index (χ4v) is 2.28. The Morgan fingerprint density at radius 3 is 2.50 bits per heavy atom. The van der Waals surface area contributed by atoms with Crippen molar-refractivity contribution < 1.29 is 9.53 Å². The summed E-state index contributed by atoms with van der Waals surface area (Å²) >= 11 is 0. The van der Waals surface area contributed by atoms with Gasteiger partial charge in [-0.2, -0.15) is 0 Å². The van der Waals surface area contributed by atoms with Crippen molar-refractivity contribution in [2.75, 3.05) is 0 Å². The summed E-state index contributed by atoms with van der Waals surface area (Å²) in [4.78, 5) is 11.6. The molecule has 1 unspecified atom stereocenters. The Morgan fingerprint density at radius 2 is 1.94 bits per heavy atom. The highest BCUT2D eigenvalue weighted by Crippen LogP contribution is 2.20. The van der Waals surface area contributed by atoms with Crippen molar-refractivity contribution >= 4 is 5.97 Å². The lowest BCUT2D eigenvalue weighted by atomic mass is 10.1. The number of carbonyl (C=O) groups excluding carboxylic acids is 1. The molecule has 1 rings (SSSR count). The summed E-state index contributed by atoms with van der Waals surface area (Å²) in [5.74, 6) is -0.104. The summed E-state index contributed by atoms with van der Waals surface area (Å²) in [5, 5.41) is 0. The van der Waals surface area contributed by atoms with Crippen LogP contribution in [0.1, 0.15) is 64.7 Å². The third kappa shape index (κ3) is 5.50. The molecule has 0 bridgehead atoms. The third-order valence-corrected chi connectivity index (χ3v) is 3.19. The van der Waals surface area contributed by atoms with E-state index in [1.54, 1.807) is 0 Å². The van der Waals surface area contributed by atoms with Crippen molar-refractivity contribution in [3.8, 4) is 0 Å². The van der Waals surface area contributed by atoms with E-state index < -0.39 is 0 Å². The normalized spacial score (nSPS) is 20.1. The number of hydrogen-bond donors (Lipinski definition) is 1. The lowest BCUT2D eigenvalue weighted by Gasteiger charge is -2.17. The van der Waals surface area contributed by atoms with Crippen LogP contribution < -0.4 is 5.73 Å². The molecule has 1 atom stereocenters. The lowest BCUT2D eigenvalue weighted by molar-refractivity contribution is -0.150. The first kappa shape index (κ1) is 13.5. The van der Waals surface area contributed by atoms with Crippen LogP contribution in [0.4, 0.5) is 0 Å². The molecule has 1 saturated carbocycles. The predicted molar refractivity (Wildman–Crippen MR) is 65.1 cm³/mol. The Labute approximate surface area is 98.7 Å². The molecule has 0 spiro atoms. The molecule has 0 aromatic rings. The van der Waals surface area contributed by atoms with Gasteiger partial charge in [0.1, 0.15) is 6.10 Å². The number of hydrogen-bond acceptors (Lipinski definition) is 3. The van der Waals surface area contributed by atoms with Crippen LogP contribution in [0.25, 0.3) is 0 Å². The fourth-order valence-electron chi connectivity index (χ4n) is 2.28. The summed E-state index contributed by atoms with van der Waals surface area (Å²) in [7, 11) is 0. The Bertz CT molecular complexity index is 198. The zero-order valence-electron chi connectivity index (χ0n) is 10.4. The Kier molecular flexibility index (Phi) is 6.46. The zero-order chi connectivity index (χ0) is 11.8. The Balaban J connectivity index is 2.21. The number of esters is 1. The van der Waals surface area contributed by atoms with Gasteiger partial charge in [0.2, 0.25) is 0 Å². The summed E-state index contributed by atoms with van der Waals surface area (Å²) in [6, 6.07) is -0.0247. The first-order valence-electron chi connectivity index (χ1n) is 6.67. The molecule has 3 nitrogen and oxygen atoms in total. The van der Waals surface area contributed by atoms with Gasteiger partial charge in [0.25, 0.3) is 0 Å². The zero-order valence-corrected chi connectivity index (χ0v) is 10.4. The standard InChI is InChI=1S/C13H25NO2/c1-2-7-11(14)10-13(15)16-12-8-5-3-4-6-9-12/h11-12H,2-10,14H2,1H3. The van der Waals surface area contributed by atoms with Crippen LogP contribution in [0.2, 0.25) is 0 Å². The van der Waals surface area contributed by atoms with Gasteiger partial charge >= 0.3 is 5.97 Å². The van der Waals surface area contributed by atoms with Crippen molar-refractivity contribution in [1.29, 1.82) is 0 Å². The van der Waals surface area contributed by atoms with E-state index in [4.69, 9.17) is 10.5 Å². The number of rotatable bonds is 5. The Hall–Kier alpha value is -0.570. The maximum absolute atomic E-state index is 11.6. The molecule has 1 aliphatic rings. The summed E-state index contributed by atoms with van der Waals surface area (Å²) in [5.41, 5.74) is 5.82. The highest BCUT2D eigenvalue weighted by Gasteiger charge is 2.18. The molecule has 1 fully saturated rings. The molecule has 0 saturated heterocycles. The fraction of sp³-hybridized carbons (Fsp3) is 0.923. The van der Waals surface area contributed by atoms with Crippen molar-refractivity contribution in [3.63, 3.8) is 0 Å². The predicted octanol–water partition coefficient (Wildman–Crippen LogP) is 2.77. The SMILES string of the molecule is CCCC(N)CC(=O)OC1CCCCCC1. The van der Waals surface area contributed by atoms with E-state index in [0.29, 0.717) is 6.42 Å². The Morgan fingerprint density at radius 1 is 1.31 bits per heavy atom. The average Bonchev–Trinajstić information content (AvgIpc) is 2.46. The van der Waals surface area contributed by atoms with E-state index in [-0.39, 0.29) is 18.1 Å². The van der Waals surface area contributed by atoms with Crippen LogP contribution in [0, 0.1) is 0 Å². The van der Waals surface area contributed by atoms with Crippen LogP contribution in [0.5, 0.6) is 0 Å². The second-order valence-corrected chi connectivity index (χ2v) is 4.86. The molecule has 0 amide bonds. The molecule has 0 aromatic carbocycles. The van der Waals surface area contributed by atoms with Gasteiger partial charge in [-0.1, -0.05) is 26.2 Å². The van der Waals surface area contributed by atoms with Crippen molar-refractivity contribution in [3.05, 3.63) is 0 Å². The molecule has 1 aliphatic carbocycles. The molecule has 0 radical (unpaired) electrons. The largest absolute Gasteiger partial charge is 0.462 e. The molecule has 0 aromatic heterocycles. The van der Waals surface area contributed by atoms with E-state index >= 15 is 0 Å². The molecule has 94 valence electrons. The maximum Gasteiger partial charge on any atom is 0.307 e. The van der Waals surface area contributed by atoms with Gasteiger partial charge in [0.05, 0.1) is 6.42 Å². The van der Waals surface area contributed by atoms with Gasteiger partial charge in [-0.3, -0.25) is 4.79 Å². The minimum Gasteiger partial charge on any atom is -0.462 e. The molecular weight excluding hydrogens is 202 g/mol. The van der Waals surface area contributed by atoms with Crippen LogP contribution in [0.15, 0.2) is 0 Å². The molecule has 0 heterocycles. The highest BCUT2D eigenvalue weighted by atomic mass is 16.5. The average molecular weight is 227 g/mol. The molecule has 0 aliphatic heterocycles. The second kappa shape index (κ2) is 7.66. The third-order valence-electron chi connectivity index (χ3n) is 3.19. The van der Waals surface area contributed by atoms with Gasteiger partial charge in [0.15, 0.2) is 0 Å². The number of ether oxygens (including phenoxy) is 1.